The molecule has 0 fully saturated rings. The summed E-state index contributed by atoms with van der Waals surface area (Å²) in [6, 6.07) is 4.66. The summed E-state index contributed by atoms with van der Waals surface area (Å²) in [6.45, 7) is 1.86. The van der Waals surface area contributed by atoms with E-state index in [1.54, 1.807) is 6.07 Å². The molecule has 0 aliphatic heterocycles. The summed E-state index contributed by atoms with van der Waals surface area (Å²) < 4.78 is 13.3. The largest absolute Gasteiger partial charge is 0.308 e. The van der Waals surface area contributed by atoms with Crippen LogP contribution in [0.1, 0.15) is 36.1 Å². The number of hydrazine groups is 1. The van der Waals surface area contributed by atoms with Crippen LogP contribution < -0.4 is 11.3 Å². The van der Waals surface area contributed by atoms with Gasteiger partial charge in [0.1, 0.15) is 11.6 Å². The van der Waals surface area contributed by atoms with Crippen molar-refractivity contribution in [2.24, 2.45) is 5.84 Å². The Morgan fingerprint density at radius 3 is 2.71 bits per heavy atom. The normalized spacial score (nSPS) is 14.4. The molecule has 0 saturated heterocycles. The van der Waals surface area contributed by atoms with Crippen LogP contribution in [-0.4, -0.2) is 9.97 Å². The van der Waals surface area contributed by atoms with E-state index in [1.165, 1.54) is 18.6 Å². The molecule has 21 heavy (non-hydrogen) atoms. The number of nitrogens with two attached hydrogens (primary N) is 1. The number of aromatic nitrogens is 2. The third-order valence-electron chi connectivity index (χ3n) is 4.00. The number of benzene rings is 1. The minimum Gasteiger partial charge on any atom is -0.308 e. The van der Waals surface area contributed by atoms with Gasteiger partial charge in [0.2, 0.25) is 0 Å². The lowest BCUT2D eigenvalue weighted by Gasteiger charge is -2.13. The molecule has 1 aliphatic rings. The van der Waals surface area contributed by atoms with E-state index in [0.29, 0.717) is 11.6 Å². The number of hydrogen-bond donors (Lipinski definition) is 2. The molecule has 0 atom stereocenters. The van der Waals surface area contributed by atoms with Gasteiger partial charge in [-0.2, -0.15) is 0 Å². The lowest BCUT2D eigenvalue weighted by atomic mass is 10.1. The van der Waals surface area contributed by atoms with Crippen LogP contribution in [-0.2, 0) is 12.8 Å². The van der Waals surface area contributed by atoms with Crippen molar-refractivity contribution < 1.29 is 4.39 Å². The third kappa shape index (κ3) is 2.74. The fourth-order valence-corrected chi connectivity index (χ4v) is 2.89. The molecule has 3 rings (SSSR count). The maximum Gasteiger partial charge on any atom is 0.162 e. The average molecular weight is 286 g/mol. The third-order valence-corrected chi connectivity index (χ3v) is 4.00. The molecule has 4 nitrogen and oxygen atoms in total. The monoisotopic (exact) mass is 286 g/mol. The topological polar surface area (TPSA) is 63.8 Å². The molecule has 0 bridgehead atoms. The Balaban J connectivity index is 2.13. The van der Waals surface area contributed by atoms with E-state index < -0.39 is 0 Å². The summed E-state index contributed by atoms with van der Waals surface area (Å²) in [4.78, 5) is 9.25. The predicted molar refractivity (Wildman–Crippen MR) is 81.2 cm³/mol. The minimum atomic E-state index is -0.247. The Morgan fingerprint density at radius 1 is 1.14 bits per heavy atom. The van der Waals surface area contributed by atoms with Crippen molar-refractivity contribution in [3.8, 4) is 11.4 Å². The zero-order valence-electron chi connectivity index (χ0n) is 12.1. The number of nitrogen functional groups attached to an aromatic ring is 1. The van der Waals surface area contributed by atoms with E-state index in [0.717, 1.165) is 48.1 Å². The zero-order valence-corrected chi connectivity index (χ0v) is 12.1. The molecule has 3 N–H and O–H groups in total. The molecule has 0 amide bonds. The van der Waals surface area contributed by atoms with Gasteiger partial charge in [-0.05, 0) is 56.4 Å². The molecular formula is C16H19FN4. The van der Waals surface area contributed by atoms with E-state index in [1.807, 2.05) is 6.92 Å². The molecular weight excluding hydrogens is 267 g/mol. The fraction of sp³-hybridized carbons (Fsp3) is 0.375. The quantitative estimate of drug-likeness (QED) is 0.506. The van der Waals surface area contributed by atoms with Gasteiger partial charge >= 0.3 is 0 Å². The Kier molecular flexibility index (Phi) is 3.84. The Bertz CT molecular complexity index is 670. The molecule has 1 heterocycles. The number of rotatable bonds is 2. The number of aryl methyl sites for hydroxylation is 2. The molecule has 1 aliphatic carbocycles. The van der Waals surface area contributed by atoms with Crippen molar-refractivity contribution >= 4 is 5.82 Å². The first-order valence-electron chi connectivity index (χ1n) is 7.32. The standard InChI is InChI=1S/C16H19FN4/c1-10-9-11(17)7-8-12(10)15-19-14-6-4-2-3-5-13(14)16(20-15)21-18/h7-9H,2-6,18H2,1H3,(H,19,20,21). The summed E-state index contributed by atoms with van der Waals surface area (Å²) in [7, 11) is 0. The highest BCUT2D eigenvalue weighted by Crippen LogP contribution is 2.28. The highest BCUT2D eigenvalue weighted by atomic mass is 19.1. The molecule has 1 aromatic carbocycles. The van der Waals surface area contributed by atoms with E-state index in [9.17, 15) is 4.39 Å². The maximum absolute atomic E-state index is 13.3. The summed E-state index contributed by atoms with van der Waals surface area (Å²) in [5.74, 6) is 6.69. The summed E-state index contributed by atoms with van der Waals surface area (Å²) >= 11 is 0. The molecule has 5 heteroatoms. The SMILES string of the molecule is Cc1cc(F)ccc1-c1nc2c(c(NN)n1)CCCCC2. The first-order valence-corrected chi connectivity index (χ1v) is 7.32. The summed E-state index contributed by atoms with van der Waals surface area (Å²) in [5, 5.41) is 0. The van der Waals surface area contributed by atoms with Crippen LogP contribution >= 0.6 is 0 Å². The fourth-order valence-electron chi connectivity index (χ4n) is 2.89. The molecule has 110 valence electrons. The molecule has 0 radical (unpaired) electrons. The van der Waals surface area contributed by atoms with E-state index in [2.05, 4.69) is 10.4 Å². The predicted octanol–water partition coefficient (Wildman–Crippen LogP) is 3.15. The Hall–Kier alpha value is -2.01. The van der Waals surface area contributed by atoms with Crippen LogP contribution in [0.5, 0.6) is 0 Å². The van der Waals surface area contributed by atoms with Crippen molar-refractivity contribution in [3.05, 3.63) is 40.8 Å². The first kappa shape index (κ1) is 13.9. The highest BCUT2D eigenvalue weighted by Gasteiger charge is 2.17. The molecule has 0 saturated carbocycles. The van der Waals surface area contributed by atoms with Crippen LogP contribution in [0, 0.1) is 12.7 Å². The smallest absolute Gasteiger partial charge is 0.162 e. The minimum absolute atomic E-state index is 0.247. The molecule has 1 aromatic heterocycles. The number of halogens is 1. The van der Waals surface area contributed by atoms with Gasteiger partial charge in [-0.25, -0.2) is 20.2 Å². The van der Waals surface area contributed by atoms with Crippen LogP contribution in [0.2, 0.25) is 0 Å². The second-order valence-corrected chi connectivity index (χ2v) is 5.49. The van der Waals surface area contributed by atoms with Gasteiger partial charge in [-0.1, -0.05) is 6.42 Å². The number of hydrogen-bond acceptors (Lipinski definition) is 4. The number of nitrogens with zero attached hydrogens (tertiary/aromatic N) is 2. The van der Waals surface area contributed by atoms with Gasteiger partial charge in [0.15, 0.2) is 5.82 Å². The van der Waals surface area contributed by atoms with Crippen LogP contribution in [0.25, 0.3) is 11.4 Å². The van der Waals surface area contributed by atoms with Gasteiger partial charge < -0.3 is 5.43 Å². The summed E-state index contributed by atoms with van der Waals surface area (Å²) in [6.07, 6.45) is 5.37. The van der Waals surface area contributed by atoms with Crippen LogP contribution in [0.15, 0.2) is 18.2 Å². The Labute approximate surface area is 123 Å². The lowest BCUT2D eigenvalue weighted by Crippen LogP contribution is -2.14. The molecule has 2 aromatic rings. The van der Waals surface area contributed by atoms with Gasteiger partial charge in [0.25, 0.3) is 0 Å². The van der Waals surface area contributed by atoms with E-state index >= 15 is 0 Å². The lowest BCUT2D eigenvalue weighted by molar-refractivity contribution is 0.627. The van der Waals surface area contributed by atoms with Crippen LogP contribution in [0.4, 0.5) is 10.2 Å². The number of anilines is 1. The second kappa shape index (κ2) is 5.77. The van der Waals surface area contributed by atoms with E-state index in [-0.39, 0.29) is 5.82 Å². The van der Waals surface area contributed by atoms with Crippen LogP contribution in [0.3, 0.4) is 0 Å². The van der Waals surface area contributed by atoms with Gasteiger partial charge in [-0.15, -0.1) is 0 Å². The average Bonchev–Trinajstić information content (AvgIpc) is 2.71. The highest BCUT2D eigenvalue weighted by molar-refractivity contribution is 5.63. The van der Waals surface area contributed by atoms with Crippen molar-refractivity contribution in [3.63, 3.8) is 0 Å². The van der Waals surface area contributed by atoms with Crippen molar-refractivity contribution in [1.82, 2.24) is 9.97 Å². The van der Waals surface area contributed by atoms with Crippen molar-refractivity contribution in [1.29, 1.82) is 0 Å². The van der Waals surface area contributed by atoms with Crippen molar-refractivity contribution in [2.75, 3.05) is 5.43 Å². The van der Waals surface area contributed by atoms with E-state index in [4.69, 9.17) is 10.8 Å². The van der Waals surface area contributed by atoms with Gasteiger partial charge in [0.05, 0.1) is 0 Å². The number of nitrogens with one attached hydrogen (secondary N) is 1. The molecule has 0 spiro atoms. The Morgan fingerprint density at radius 2 is 1.95 bits per heavy atom. The number of fused-ring (bicyclic) bond motifs is 1. The van der Waals surface area contributed by atoms with Gasteiger partial charge in [0, 0.05) is 16.8 Å². The van der Waals surface area contributed by atoms with Crippen molar-refractivity contribution in [2.45, 2.75) is 39.0 Å². The molecule has 0 unspecified atom stereocenters. The summed E-state index contributed by atoms with van der Waals surface area (Å²) in [5.41, 5.74) is 6.56. The maximum atomic E-state index is 13.3. The second-order valence-electron chi connectivity index (χ2n) is 5.49. The van der Waals surface area contributed by atoms with Gasteiger partial charge in [-0.3, -0.25) is 0 Å². The zero-order chi connectivity index (χ0) is 14.8. The first-order chi connectivity index (χ1) is 10.2.